The zero-order chi connectivity index (χ0) is 11.5. The number of rotatable bonds is 2. The van der Waals surface area contributed by atoms with E-state index >= 15 is 0 Å². The molecule has 0 amide bonds. The third kappa shape index (κ3) is 83.6. The SMILES string of the molecule is C#C.O=P(O)(O)O.OCC(O)CO. The lowest BCUT2D eigenvalue weighted by atomic mass is 10.4. The van der Waals surface area contributed by atoms with E-state index in [0.29, 0.717) is 0 Å². The first-order chi connectivity index (χ1) is 5.81. The molecule has 0 aliphatic heterocycles. The second-order valence-electron chi connectivity index (χ2n) is 1.53. The lowest BCUT2D eigenvalue weighted by Gasteiger charge is -1.96. The predicted molar refractivity (Wildman–Crippen MR) is 44.3 cm³/mol. The van der Waals surface area contributed by atoms with Gasteiger partial charge in [-0.1, -0.05) is 0 Å². The van der Waals surface area contributed by atoms with E-state index in [2.05, 4.69) is 12.8 Å². The van der Waals surface area contributed by atoms with E-state index in [1.165, 1.54) is 0 Å². The summed E-state index contributed by atoms with van der Waals surface area (Å²) < 4.78 is 8.88. The minimum Gasteiger partial charge on any atom is -0.394 e. The van der Waals surface area contributed by atoms with Crippen LogP contribution in [0.2, 0.25) is 0 Å². The van der Waals surface area contributed by atoms with Gasteiger partial charge in [-0.05, 0) is 0 Å². The highest BCUT2D eigenvalue weighted by Crippen LogP contribution is 2.25. The summed E-state index contributed by atoms with van der Waals surface area (Å²) in [6.07, 6.45) is 7.05. The summed E-state index contributed by atoms with van der Waals surface area (Å²) in [4.78, 5) is 21.6. The quantitative estimate of drug-likeness (QED) is 0.224. The van der Waals surface area contributed by atoms with E-state index in [1.54, 1.807) is 0 Å². The van der Waals surface area contributed by atoms with Crippen LogP contribution in [0.3, 0.4) is 0 Å². The van der Waals surface area contributed by atoms with Gasteiger partial charge in [0.05, 0.1) is 13.2 Å². The smallest absolute Gasteiger partial charge is 0.394 e. The zero-order valence-electron chi connectivity index (χ0n) is 6.69. The van der Waals surface area contributed by atoms with E-state index in [4.69, 9.17) is 34.6 Å². The lowest BCUT2D eigenvalue weighted by Crippen LogP contribution is -2.15. The third-order valence-corrected chi connectivity index (χ3v) is 0.421. The van der Waals surface area contributed by atoms with E-state index in [0.717, 1.165) is 0 Å². The summed E-state index contributed by atoms with van der Waals surface area (Å²) in [5.41, 5.74) is 0. The molecule has 0 spiro atoms. The summed E-state index contributed by atoms with van der Waals surface area (Å²) in [5.74, 6) is 0. The number of hydrogen-bond acceptors (Lipinski definition) is 4. The maximum absolute atomic E-state index is 8.88. The van der Waals surface area contributed by atoms with Gasteiger partial charge in [0, 0.05) is 0 Å². The van der Waals surface area contributed by atoms with Gasteiger partial charge in [-0.25, -0.2) is 4.57 Å². The number of phosphoric acid groups is 1. The minimum absolute atomic E-state index is 0.365. The highest BCUT2D eigenvalue weighted by molar-refractivity contribution is 7.45. The van der Waals surface area contributed by atoms with Crippen molar-refractivity contribution < 1.29 is 34.6 Å². The van der Waals surface area contributed by atoms with Gasteiger partial charge >= 0.3 is 7.82 Å². The molecule has 6 N–H and O–H groups in total. The molecule has 80 valence electrons. The fourth-order valence-electron chi connectivity index (χ4n) is 0.0577. The van der Waals surface area contributed by atoms with E-state index in [-0.39, 0.29) is 13.2 Å². The summed E-state index contributed by atoms with van der Waals surface area (Å²) in [5, 5.41) is 24.0. The summed E-state index contributed by atoms with van der Waals surface area (Å²) >= 11 is 0. The van der Waals surface area contributed by atoms with Crippen molar-refractivity contribution in [2.75, 3.05) is 13.2 Å². The molecular formula is C5H13O7P. The number of hydrogen-bond donors (Lipinski definition) is 6. The van der Waals surface area contributed by atoms with Crippen molar-refractivity contribution in [2.45, 2.75) is 6.10 Å². The minimum atomic E-state index is -4.64. The van der Waals surface area contributed by atoms with Gasteiger partial charge in [0.25, 0.3) is 0 Å². The fourth-order valence-corrected chi connectivity index (χ4v) is 0.0577. The van der Waals surface area contributed by atoms with Gasteiger partial charge in [0.1, 0.15) is 6.10 Å². The van der Waals surface area contributed by atoms with Crippen LogP contribution in [-0.2, 0) is 4.57 Å². The molecule has 0 heterocycles. The van der Waals surface area contributed by atoms with Crippen molar-refractivity contribution in [1.29, 1.82) is 0 Å². The highest BCUT2D eigenvalue weighted by Gasteiger charge is 2.00. The molecule has 13 heavy (non-hydrogen) atoms. The topological polar surface area (TPSA) is 138 Å². The van der Waals surface area contributed by atoms with Gasteiger partial charge in [-0.2, -0.15) is 0 Å². The second-order valence-corrected chi connectivity index (χ2v) is 2.56. The molecule has 0 aliphatic rings. The molecule has 0 unspecified atom stereocenters. The van der Waals surface area contributed by atoms with E-state index < -0.39 is 13.9 Å². The molecule has 0 saturated heterocycles. The Balaban J connectivity index is -0.000000131. The first kappa shape index (κ1) is 18.4. The fraction of sp³-hybridized carbons (Fsp3) is 0.600. The first-order valence-electron chi connectivity index (χ1n) is 2.82. The third-order valence-electron chi connectivity index (χ3n) is 0.421. The van der Waals surface area contributed by atoms with Crippen LogP contribution in [0.5, 0.6) is 0 Å². The number of aliphatic hydroxyl groups excluding tert-OH is 3. The summed E-state index contributed by atoms with van der Waals surface area (Å²) in [6.45, 7) is -0.729. The van der Waals surface area contributed by atoms with Crippen molar-refractivity contribution in [3.05, 3.63) is 0 Å². The predicted octanol–water partition coefficient (Wildman–Crippen LogP) is -2.35. The van der Waals surface area contributed by atoms with Gasteiger partial charge in [-0.15, -0.1) is 12.8 Å². The Labute approximate surface area is 75.5 Å². The lowest BCUT2D eigenvalue weighted by molar-refractivity contribution is 0.0450. The molecule has 8 heteroatoms. The zero-order valence-corrected chi connectivity index (χ0v) is 7.58. The molecule has 0 aliphatic carbocycles. The Morgan fingerprint density at radius 1 is 1.08 bits per heavy atom. The van der Waals surface area contributed by atoms with Crippen molar-refractivity contribution in [3.8, 4) is 12.8 Å². The Bertz CT molecular complexity index is 138. The monoisotopic (exact) mass is 216 g/mol. The first-order valence-corrected chi connectivity index (χ1v) is 4.39. The molecule has 0 fully saturated rings. The van der Waals surface area contributed by atoms with Crippen LogP contribution in [-0.4, -0.2) is 49.3 Å². The average Bonchev–Trinajstić information content (AvgIpc) is 2.04. The standard InChI is InChI=1S/C3H8O3.C2H2.H3O4P/c4-1-3(6)2-5;1-2;1-5(2,3)4/h3-6H,1-2H2;1-2H;(H3,1,2,3,4). The van der Waals surface area contributed by atoms with Crippen LogP contribution in [0, 0.1) is 12.8 Å². The van der Waals surface area contributed by atoms with Crippen LogP contribution >= 0.6 is 7.82 Å². The van der Waals surface area contributed by atoms with Gasteiger partial charge in [0.2, 0.25) is 0 Å². The maximum atomic E-state index is 8.88. The highest BCUT2D eigenvalue weighted by atomic mass is 31.2. The molecule has 0 aromatic carbocycles. The molecule has 7 nitrogen and oxygen atoms in total. The molecular weight excluding hydrogens is 203 g/mol. The van der Waals surface area contributed by atoms with Crippen molar-refractivity contribution in [1.82, 2.24) is 0 Å². The van der Waals surface area contributed by atoms with Crippen molar-refractivity contribution in [3.63, 3.8) is 0 Å². The van der Waals surface area contributed by atoms with Crippen LogP contribution < -0.4 is 0 Å². The van der Waals surface area contributed by atoms with Crippen molar-refractivity contribution in [2.24, 2.45) is 0 Å². The number of aliphatic hydroxyl groups is 3. The van der Waals surface area contributed by atoms with Crippen LogP contribution in [0.25, 0.3) is 0 Å². The van der Waals surface area contributed by atoms with Gasteiger partial charge in [-0.3, -0.25) is 0 Å². The molecule has 0 rings (SSSR count). The van der Waals surface area contributed by atoms with Crippen LogP contribution in [0.4, 0.5) is 0 Å². The molecule has 0 atom stereocenters. The van der Waals surface area contributed by atoms with Gasteiger partial charge in [0.15, 0.2) is 0 Å². The molecule has 0 aromatic rings. The van der Waals surface area contributed by atoms with E-state index in [9.17, 15) is 0 Å². The molecule has 0 bridgehead atoms. The Kier molecular flexibility index (Phi) is 16.3. The summed E-state index contributed by atoms with van der Waals surface area (Å²) in [7, 11) is -4.64. The second kappa shape index (κ2) is 11.6. The number of terminal acetylenes is 1. The molecule has 0 radical (unpaired) electrons. The van der Waals surface area contributed by atoms with Crippen LogP contribution in [0.1, 0.15) is 0 Å². The summed E-state index contributed by atoms with van der Waals surface area (Å²) in [6, 6.07) is 0. The maximum Gasteiger partial charge on any atom is 0.466 e. The largest absolute Gasteiger partial charge is 0.466 e. The molecule has 0 aromatic heterocycles. The molecule has 0 saturated carbocycles. The Morgan fingerprint density at radius 2 is 1.23 bits per heavy atom. The Morgan fingerprint density at radius 3 is 1.23 bits per heavy atom. The normalized spacial score (nSPS) is 9.31. The Hall–Kier alpha value is -0.450. The van der Waals surface area contributed by atoms with Crippen molar-refractivity contribution >= 4 is 7.82 Å². The average molecular weight is 216 g/mol. The van der Waals surface area contributed by atoms with Crippen LogP contribution in [0.15, 0.2) is 0 Å². The van der Waals surface area contributed by atoms with E-state index in [1.807, 2.05) is 0 Å². The van der Waals surface area contributed by atoms with Gasteiger partial charge < -0.3 is 30.0 Å².